The van der Waals surface area contributed by atoms with Gasteiger partial charge < -0.3 is 9.14 Å². The number of rotatable bonds is 6. The van der Waals surface area contributed by atoms with Gasteiger partial charge in [-0.3, -0.25) is 0 Å². The lowest BCUT2D eigenvalue weighted by molar-refractivity contribution is 0.414. The molecule has 0 aliphatic rings. The third kappa shape index (κ3) is 3.78. The molecule has 2 aromatic carbocycles. The van der Waals surface area contributed by atoms with Crippen LogP contribution in [0.15, 0.2) is 90.1 Å². The first-order chi connectivity index (χ1) is 12.8. The van der Waals surface area contributed by atoms with E-state index in [0.29, 0.717) is 0 Å². The van der Waals surface area contributed by atoms with Gasteiger partial charge in [0.2, 0.25) is 0 Å². The summed E-state index contributed by atoms with van der Waals surface area (Å²) in [6, 6.07) is 25.5. The van der Waals surface area contributed by atoms with Crippen molar-refractivity contribution in [3.63, 3.8) is 0 Å². The Morgan fingerprint density at radius 1 is 0.846 bits per heavy atom. The molecule has 3 heteroatoms. The van der Waals surface area contributed by atoms with Crippen LogP contribution in [0.2, 0.25) is 0 Å². The van der Waals surface area contributed by atoms with Crippen molar-refractivity contribution in [2.45, 2.75) is 11.3 Å². The summed E-state index contributed by atoms with van der Waals surface area (Å²) in [5, 5.41) is 0. The molecule has 0 amide bonds. The predicted octanol–water partition coefficient (Wildman–Crippen LogP) is 5.95. The summed E-state index contributed by atoms with van der Waals surface area (Å²) in [6.07, 6.45) is 5.51. The van der Waals surface area contributed by atoms with Crippen LogP contribution in [-0.4, -0.2) is 17.3 Å². The smallest absolute Gasteiger partial charge is 0.118 e. The second-order valence-electron chi connectivity index (χ2n) is 6.24. The average molecular weight is 359 g/mol. The van der Waals surface area contributed by atoms with Gasteiger partial charge in [-0.25, -0.2) is 0 Å². The number of nitrogens with zero attached hydrogens (tertiary/aromatic N) is 1. The van der Waals surface area contributed by atoms with E-state index in [1.165, 1.54) is 27.1 Å². The Morgan fingerprint density at radius 3 is 2.42 bits per heavy atom. The Hall–Kier alpha value is -2.65. The first-order valence-electron chi connectivity index (χ1n) is 8.75. The second kappa shape index (κ2) is 7.71. The number of pyridine rings is 1. The van der Waals surface area contributed by atoms with Gasteiger partial charge in [0.1, 0.15) is 5.75 Å². The van der Waals surface area contributed by atoms with Crippen molar-refractivity contribution in [2.75, 3.05) is 12.9 Å². The molecule has 4 rings (SSSR count). The molecule has 0 unspecified atom stereocenters. The van der Waals surface area contributed by atoms with Crippen molar-refractivity contribution >= 4 is 17.3 Å². The quantitative estimate of drug-likeness (QED) is 0.395. The molecule has 0 fully saturated rings. The highest BCUT2D eigenvalue weighted by Gasteiger charge is 2.03. The maximum atomic E-state index is 5.21. The van der Waals surface area contributed by atoms with Crippen LogP contribution in [-0.2, 0) is 6.42 Å². The summed E-state index contributed by atoms with van der Waals surface area (Å²) in [4.78, 5) is 1.28. The minimum Gasteiger partial charge on any atom is -0.497 e. The van der Waals surface area contributed by atoms with Crippen molar-refractivity contribution in [1.29, 1.82) is 0 Å². The van der Waals surface area contributed by atoms with Crippen LogP contribution in [0.25, 0.3) is 16.6 Å². The second-order valence-corrected chi connectivity index (χ2v) is 7.41. The van der Waals surface area contributed by atoms with Gasteiger partial charge >= 0.3 is 0 Å². The summed E-state index contributed by atoms with van der Waals surface area (Å²) in [7, 11) is 1.70. The standard InChI is InChI=1S/C23H21NOS/c1-25-22-9-11-23(12-10-22)26-14-13-18-7-8-21-15-20(17-24(21)16-18)19-5-3-2-4-6-19/h2-12,15-17H,13-14H2,1H3. The molecule has 0 N–H and O–H groups in total. The van der Waals surface area contributed by atoms with Crippen molar-refractivity contribution in [1.82, 2.24) is 4.40 Å². The molecular weight excluding hydrogens is 338 g/mol. The molecule has 0 bridgehead atoms. The molecule has 0 saturated carbocycles. The van der Waals surface area contributed by atoms with Gasteiger partial charge in [-0.1, -0.05) is 36.4 Å². The van der Waals surface area contributed by atoms with Gasteiger partial charge in [-0.15, -0.1) is 11.8 Å². The largest absolute Gasteiger partial charge is 0.497 e. The van der Waals surface area contributed by atoms with Crippen molar-refractivity contribution in [3.8, 4) is 16.9 Å². The lowest BCUT2D eigenvalue weighted by atomic mass is 10.1. The number of ether oxygens (including phenoxy) is 1. The fourth-order valence-corrected chi connectivity index (χ4v) is 3.95. The molecule has 130 valence electrons. The fourth-order valence-electron chi connectivity index (χ4n) is 3.05. The first-order valence-corrected chi connectivity index (χ1v) is 9.73. The van der Waals surface area contributed by atoms with Gasteiger partial charge in [0.05, 0.1) is 7.11 Å². The van der Waals surface area contributed by atoms with Crippen LogP contribution in [0, 0.1) is 0 Å². The minimum absolute atomic E-state index is 0.904. The molecule has 0 saturated heterocycles. The van der Waals surface area contributed by atoms with Crippen LogP contribution in [0.3, 0.4) is 0 Å². The van der Waals surface area contributed by atoms with E-state index in [-0.39, 0.29) is 0 Å². The number of aromatic nitrogens is 1. The van der Waals surface area contributed by atoms with Crippen LogP contribution in [0.1, 0.15) is 5.56 Å². The maximum absolute atomic E-state index is 5.21. The molecule has 0 radical (unpaired) electrons. The number of benzene rings is 2. The Morgan fingerprint density at radius 2 is 1.65 bits per heavy atom. The molecule has 0 aliphatic heterocycles. The highest BCUT2D eigenvalue weighted by Crippen LogP contribution is 2.24. The van der Waals surface area contributed by atoms with Gasteiger partial charge in [0, 0.05) is 34.1 Å². The Kier molecular flexibility index (Phi) is 4.98. The molecule has 0 spiro atoms. The van der Waals surface area contributed by atoms with Crippen molar-refractivity contribution in [2.24, 2.45) is 0 Å². The van der Waals surface area contributed by atoms with E-state index in [4.69, 9.17) is 4.74 Å². The number of thioether (sulfide) groups is 1. The Balaban J connectivity index is 1.43. The summed E-state index contributed by atoms with van der Waals surface area (Å²) in [5.41, 5.74) is 5.10. The predicted molar refractivity (Wildman–Crippen MR) is 110 cm³/mol. The summed E-state index contributed by atoms with van der Waals surface area (Å²) in [5.74, 6) is 1.96. The summed E-state index contributed by atoms with van der Waals surface area (Å²) in [6.45, 7) is 0. The van der Waals surface area contributed by atoms with E-state index in [2.05, 4.69) is 77.5 Å². The van der Waals surface area contributed by atoms with E-state index in [0.717, 1.165) is 17.9 Å². The zero-order valence-electron chi connectivity index (χ0n) is 14.8. The zero-order valence-corrected chi connectivity index (χ0v) is 15.6. The van der Waals surface area contributed by atoms with Crippen LogP contribution in [0.4, 0.5) is 0 Å². The van der Waals surface area contributed by atoms with Crippen molar-refractivity contribution < 1.29 is 4.74 Å². The first kappa shape index (κ1) is 16.8. The summed E-state index contributed by atoms with van der Waals surface area (Å²) < 4.78 is 7.44. The van der Waals surface area contributed by atoms with Crippen LogP contribution < -0.4 is 4.74 Å². The van der Waals surface area contributed by atoms with E-state index in [1.54, 1.807) is 7.11 Å². The molecule has 2 aromatic heterocycles. The normalized spacial score (nSPS) is 11.0. The molecule has 2 nitrogen and oxygen atoms in total. The number of hydrogen-bond donors (Lipinski definition) is 0. The van der Waals surface area contributed by atoms with Gasteiger partial charge in [-0.05, 0) is 53.9 Å². The number of methoxy groups -OCH3 is 1. The highest BCUT2D eigenvalue weighted by molar-refractivity contribution is 7.99. The minimum atomic E-state index is 0.904. The Bertz CT molecular complexity index is 990. The van der Waals surface area contributed by atoms with Crippen molar-refractivity contribution in [3.05, 3.63) is 90.8 Å². The van der Waals surface area contributed by atoms with E-state index < -0.39 is 0 Å². The SMILES string of the molecule is COc1ccc(SCCc2ccc3cc(-c4ccccc4)cn3c2)cc1. The van der Waals surface area contributed by atoms with Gasteiger partial charge in [-0.2, -0.15) is 0 Å². The monoisotopic (exact) mass is 359 g/mol. The summed E-state index contributed by atoms with van der Waals surface area (Å²) >= 11 is 1.88. The van der Waals surface area contributed by atoms with Gasteiger partial charge in [0.15, 0.2) is 0 Å². The van der Waals surface area contributed by atoms with Gasteiger partial charge in [0.25, 0.3) is 0 Å². The molecule has 4 aromatic rings. The molecule has 26 heavy (non-hydrogen) atoms. The molecule has 2 heterocycles. The third-order valence-corrected chi connectivity index (χ3v) is 5.49. The lowest BCUT2D eigenvalue weighted by Crippen LogP contribution is -1.92. The Labute approximate surface area is 158 Å². The topological polar surface area (TPSA) is 13.6 Å². The molecule has 0 aliphatic carbocycles. The number of hydrogen-bond acceptors (Lipinski definition) is 2. The average Bonchev–Trinajstić information content (AvgIpc) is 3.13. The maximum Gasteiger partial charge on any atom is 0.118 e. The number of aryl methyl sites for hydroxylation is 1. The fraction of sp³-hybridized carbons (Fsp3) is 0.130. The van der Waals surface area contributed by atoms with E-state index in [1.807, 2.05) is 23.9 Å². The molecule has 0 atom stereocenters. The van der Waals surface area contributed by atoms with Crippen LogP contribution in [0.5, 0.6) is 5.75 Å². The van der Waals surface area contributed by atoms with E-state index in [9.17, 15) is 0 Å². The van der Waals surface area contributed by atoms with Crippen LogP contribution >= 0.6 is 11.8 Å². The zero-order chi connectivity index (χ0) is 17.8. The third-order valence-electron chi connectivity index (χ3n) is 4.48. The lowest BCUT2D eigenvalue weighted by Gasteiger charge is -2.05. The van der Waals surface area contributed by atoms with E-state index >= 15 is 0 Å². The number of fused-ring (bicyclic) bond motifs is 1. The molecular formula is C23H21NOS. The highest BCUT2D eigenvalue weighted by atomic mass is 32.2.